The van der Waals surface area contributed by atoms with Gasteiger partial charge in [-0.05, 0) is 23.9 Å². The zero-order valence-corrected chi connectivity index (χ0v) is 13.4. The molecule has 7 heteroatoms. The third-order valence-corrected chi connectivity index (χ3v) is 4.80. The summed E-state index contributed by atoms with van der Waals surface area (Å²) in [4.78, 5) is 14.1. The lowest BCUT2D eigenvalue weighted by atomic mass is 10.2. The van der Waals surface area contributed by atoms with Gasteiger partial charge in [-0.3, -0.25) is 0 Å². The van der Waals surface area contributed by atoms with Crippen LogP contribution in [0.5, 0.6) is 5.75 Å². The normalized spacial score (nSPS) is 14.0. The van der Waals surface area contributed by atoms with Crippen LogP contribution < -0.4 is 10.1 Å². The maximum atomic E-state index is 13.2. The molecule has 1 aromatic heterocycles. The van der Waals surface area contributed by atoms with Gasteiger partial charge in [0.05, 0.1) is 18.8 Å². The maximum Gasteiger partial charge on any atom is 0.322 e. The Hall–Kier alpha value is -1.79. The Kier molecular flexibility index (Phi) is 4.22. The number of hydrogen-bond acceptors (Lipinski definition) is 3. The number of nitrogens with zero attached hydrogens (tertiary/aromatic N) is 1. The number of aryl methyl sites for hydroxylation is 1. The van der Waals surface area contributed by atoms with E-state index in [2.05, 4.69) is 5.32 Å². The van der Waals surface area contributed by atoms with Gasteiger partial charge in [0.1, 0.15) is 22.5 Å². The zero-order valence-electron chi connectivity index (χ0n) is 11.9. The minimum atomic E-state index is -0.350. The molecule has 0 unspecified atom stereocenters. The number of benzene rings is 1. The van der Waals surface area contributed by atoms with Gasteiger partial charge in [-0.15, -0.1) is 11.3 Å². The van der Waals surface area contributed by atoms with Crippen LogP contribution in [0.4, 0.5) is 14.9 Å². The molecule has 22 heavy (non-hydrogen) atoms. The number of nitrogens with one attached hydrogen (secondary N) is 1. The number of ether oxygens (including phenoxy) is 1. The summed E-state index contributed by atoms with van der Waals surface area (Å²) in [6.07, 6.45) is 0. The van der Waals surface area contributed by atoms with E-state index in [1.165, 1.54) is 23.5 Å². The smallest absolute Gasteiger partial charge is 0.322 e. The lowest BCUT2D eigenvalue weighted by Gasteiger charge is -2.20. The maximum absolute atomic E-state index is 13.2. The van der Waals surface area contributed by atoms with E-state index in [0.717, 1.165) is 11.1 Å². The van der Waals surface area contributed by atoms with E-state index in [1.807, 2.05) is 12.3 Å². The molecule has 0 saturated carbocycles. The number of anilines is 1. The van der Waals surface area contributed by atoms with Gasteiger partial charge in [0.25, 0.3) is 0 Å². The largest absolute Gasteiger partial charge is 0.491 e. The summed E-state index contributed by atoms with van der Waals surface area (Å²) in [7, 11) is 0. The first-order chi connectivity index (χ1) is 10.5. The molecule has 1 aliphatic heterocycles. The summed E-state index contributed by atoms with van der Waals surface area (Å²) >= 11 is 7.46. The molecule has 0 fully saturated rings. The van der Waals surface area contributed by atoms with Gasteiger partial charge in [0.2, 0.25) is 0 Å². The Morgan fingerprint density at radius 3 is 3.05 bits per heavy atom. The third-order valence-electron chi connectivity index (χ3n) is 3.46. The Balaban J connectivity index is 1.77. The Labute approximate surface area is 136 Å². The number of amides is 2. The van der Waals surface area contributed by atoms with Crippen LogP contribution >= 0.6 is 22.9 Å². The summed E-state index contributed by atoms with van der Waals surface area (Å²) in [5.74, 6) is 0.136. The number of rotatable bonds is 1. The second kappa shape index (κ2) is 6.14. The molecule has 2 heterocycles. The molecular formula is C15H14ClFN2O2S. The predicted molar refractivity (Wildman–Crippen MR) is 85.4 cm³/mol. The molecule has 4 nitrogen and oxygen atoms in total. The number of urea groups is 1. The highest BCUT2D eigenvalue weighted by atomic mass is 35.5. The lowest BCUT2D eigenvalue weighted by Crippen LogP contribution is -2.36. The van der Waals surface area contributed by atoms with Crippen molar-refractivity contribution in [3.05, 3.63) is 44.9 Å². The van der Waals surface area contributed by atoms with Crippen molar-refractivity contribution in [1.82, 2.24) is 4.90 Å². The first kappa shape index (κ1) is 15.1. The molecule has 2 aromatic rings. The minimum Gasteiger partial charge on any atom is -0.491 e. The second-order valence-corrected chi connectivity index (χ2v) is 6.50. The summed E-state index contributed by atoms with van der Waals surface area (Å²) in [5.41, 5.74) is 2.35. The summed E-state index contributed by atoms with van der Waals surface area (Å²) < 4.78 is 19.3. The van der Waals surface area contributed by atoms with E-state index in [1.54, 1.807) is 11.0 Å². The molecule has 116 valence electrons. The Morgan fingerprint density at radius 1 is 1.50 bits per heavy atom. The van der Waals surface area contributed by atoms with E-state index in [-0.39, 0.29) is 11.8 Å². The molecule has 0 bridgehead atoms. The van der Waals surface area contributed by atoms with Crippen molar-refractivity contribution in [1.29, 1.82) is 0 Å². The minimum absolute atomic E-state index is 0.246. The van der Waals surface area contributed by atoms with E-state index < -0.39 is 0 Å². The zero-order chi connectivity index (χ0) is 15.7. The first-order valence-corrected chi connectivity index (χ1v) is 8.01. The van der Waals surface area contributed by atoms with Crippen LogP contribution in [-0.2, 0) is 6.54 Å². The summed E-state index contributed by atoms with van der Waals surface area (Å²) in [6, 6.07) is 4.10. The molecule has 3 rings (SSSR count). The standard InChI is InChI=1S/C15H14ClFN2O2S/c1-9-8-22-14(16)13(9)18-15(20)19-4-5-21-12-6-11(17)3-2-10(12)7-19/h2-3,6,8H,4-5,7H2,1H3,(H,18,20). The number of carbonyl (C=O) groups is 1. The Bertz CT molecular complexity index is 700. The molecule has 0 aliphatic carbocycles. The van der Waals surface area contributed by atoms with Gasteiger partial charge in [-0.1, -0.05) is 17.7 Å². The molecule has 0 radical (unpaired) electrons. The van der Waals surface area contributed by atoms with E-state index in [0.29, 0.717) is 35.5 Å². The first-order valence-electron chi connectivity index (χ1n) is 6.75. The average Bonchev–Trinajstić information content (AvgIpc) is 2.71. The predicted octanol–water partition coefficient (Wildman–Crippen LogP) is 4.28. The number of thiophene rings is 1. The molecule has 1 aromatic carbocycles. The molecule has 0 spiro atoms. The van der Waals surface area contributed by atoms with E-state index in [9.17, 15) is 9.18 Å². The fourth-order valence-electron chi connectivity index (χ4n) is 2.26. The van der Waals surface area contributed by atoms with Crippen LogP contribution in [0.3, 0.4) is 0 Å². The van der Waals surface area contributed by atoms with Gasteiger partial charge < -0.3 is 15.0 Å². The molecule has 1 N–H and O–H groups in total. The molecule has 0 atom stereocenters. The van der Waals surface area contributed by atoms with Crippen LogP contribution in [0.2, 0.25) is 4.34 Å². The van der Waals surface area contributed by atoms with Gasteiger partial charge in [0, 0.05) is 11.6 Å². The molecule has 1 aliphatic rings. The van der Waals surface area contributed by atoms with Gasteiger partial charge >= 0.3 is 6.03 Å². The lowest BCUT2D eigenvalue weighted by molar-refractivity contribution is 0.200. The van der Waals surface area contributed by atoms with E-state index >= 15 is 0 Å². The fraction of sp³-hybridized carbons (Fsp3) is 0.267. The topological polar surface area (TPSA) is 41.6 Å². The van der Waals surface area contributed by atoms with E-state index in [4.69, 9.17) is 16.3 Å². The van der Waals surface area contributed by atoms with Crippen molar-refractivity contribution < 1.29 is 13.9 Å². The van der Waals surface area contributed by atoms with Crippen LogP contribution in [0.25, 0.3) is 0 Å². The van der Waals surface area contributed by atoms with Crippen LogP contribution in [0.1, 0.15) is 11.1 Å². The Morgan fingerprint density at radius 2 is 2.32 bits per heavy atom. The van der Waals surface area contributed by atoms with Crippen molar-refractivity contribution in [2.75, 3.05) is 18.5 Å². The van der Waals surface area contributed by atoms with Gasteiger partial charge in [-0.2, -0.15) is 0 Å². The van der Waals surface area contributed by atoms with Crippen molar-refractivity contribution in [3.8, 4) is 5.75 Å². The van der Waals surface area contributed by atoms with Crippen LogP contribution in [-0.4, -0.2) is 24.1 Å². The van der Waals surface area contributed by atoms with Crippen molar-refractivity contribution in [2.45, 2.75) is 13.5 Å². The van der Waals surface area contributed by atoms with Gasteiger partial charge in [-0.25, -0.2) is 9.18 Å². The highest BCUT2D eigenvalue weighted by Crippen LogP contribution is 2.33. The molecule has 0 saturated heterocycles. The van der Waals surface area contributed by atoms with Crippen molar-refractivity contribution >= 4 is 34.7 Å². The van der Waals surface area contributed by atoms with Crippen LogP contribution in [0, 0.1) is 12.7 Å². The second-order valence-electron chi connectivity index (χ2n) is 5.02. The van der Waals surface area contributed by atoms with Gasteiger partial charge in [0.15, 0.2) is 0 Å². The highest BCUT2D eigenvalue weighted by molar-refractivity contribution is 7.15. The van der Waals surface area contributed by atoms with Crippen molar-refractivity contribution in [2.24, 2.45) is 0 Å². The quantitative estimate of drug-likeness (QED) is 0.842. The number of halogens is 2. The number of hydrogen-bond donors (Lipinski definition) is 1. The molecular weight excluding hydrogens is 327 g/mol. The van der Waals surface area contributed by atoms with Crippen molar-refractivity contribution in [3.63, 3.8) is 0 Å². The monoisotopic (exact) mass is 340 g/mol. The van der Waals surface area contributed by atoms with Crippen LogP contribution in [0.15, 0.2) is 23.6 Å². The summed E-state index contributed by atoms with van der Waals surface area (Å²) in [6.45, 7) is 2.99. The number of carbonyl (C=O) groups excluding carboxylic acids is 1. The average molecular weight is 341 g/mol. The third kappa shape index (κ3) is 3.03. The SMILES string of the molecule is Cc1csc(Cl)c1NC(=O)N1CCOc2cc(F)ccc2C1. The summed E-state index contributed by atoms with van der Waals surface area (Å²) in [5, 5.41) is 4.72. The number of fused-ring (bicyclic) bond motifs is 1. The molecule has 2 amide bonds. The highest BCUT2D eigenvalue weighted by Gasteiger charge is 2.21. The fourth-order valence-corrected chi connectivity index (χ4v) is 3.32.